The third-order valence-corrected chi connectivity index (χ3v) is 5.83. The number of benzene rings is 3. The van der Waals surface area contributed by atoms with E-state index in [1.807, 2.05) is 67.6 Å². The van der Waals surface area contributed by atoms with E-state index in [0.29, 0.717) is 22.6 Å². The molecule has 0 saturated carbocycles. The van der Waals surface area contributed by atoms with Crippen molar-refractivity contribution in [1.29, 1.82) is 0 Å². The van der Waals surface area contributed by atoms with Gasteiger partial charge in [0.1, 0.15) is 0 Å². The van der Waals surface area contributed by atoms with Crippen LogP contribution < -0.4 is 5.56 Å². The zero-order valence-electron chi connectivity index (χ0n) is 18.5. The summed E-state index contributed by atoms with van der Waals surface area (Å²) in [7, 11) is 1.34. The summed E-state index contributed by atoms with van der Waals surface area (Å²) in [4.78, 5) is 27.2. The standard InChI is InChI=1S/C26H24ClN3O3/c1-18-11-13-19(14-12-18)25-21-8-4-5-9-22(21)26(32)30(28-25)17-29(16-24(31)33-2)15-20-7-3-6-10-23(20)27/h3-14H,15-17H2,1-2H3. The maximum Gasteiger partial charge on any atom is 0.319 e. The highest BCUT2D eigenvalue weighted by Gasteiger charge is 2.18. The molecule has 4 aromatic rings. The summed E-state index contributed by atoms with van der Waals surface area (Å²) in [6.45, 7) is 2.47. The van der Waals surface area contributed by atoms with Crippen LogP contribution in [0.25, 0.3) is 22.0 Å². The Labute approximate surface area is 197 Å². The van der Waals surface area contributed by atoms with Crippen molar-refractivity contribution in [3.63, 3.8) is 0 Å². The van der Waals surface area contributed by atoms with Crippen LogP contribution in [-0.2, 0) is 22.7 Å². The number of ether oxygens (including phenoxy) is 1. The zero-order chi connectivity index (χ0) is 23.4. The first-order valence-electron chi connectivity index (χ1n) is 10.6. The Kier molecular flexibility index (Phi) is 6.87. The van der Waals surface area contributed by atoms with Crippen molar-refractivity contribution >= 4 is 28.3 Å². The van der Waals surface area contributed by atoms with Crippen molar-refractivity contribution in [2.45, 2.75) is 20.1 Å². The lowest BCUT2D eigenvalue weighted by molar-refractivity contribution is -0.142. The lowest BCUT2D eigenvalue weighted by Crippen LogP contribution is -2.37. The smallest absolute Gasteiger partial charge is 0.319 e. The second-order valence-corrected chi connectivity index (χ2v) is 8.27. The van der Waals surface area contributed by atoms with E-state index < -0.39 is 5.97 Å². The number of hydrogen-bond acceptors (Lipinski definition) is 5. The minimum atomic E-state index is -0.408. The number of halogens is 1. The molecule has 0 atom stereocenters. The highest BCUT2D eigenvalue weighted by molar-refractivity contribution is 6.31. The summed E-state index contributed by atoms with van der Waals surface area (Å²) in [5.74, 6) is -0.408. The molecule has 4 rings (SSSR count). The summed E-state index contributed by atoms with van der Waals surface area (Å²) in [6, 6.07) is 22.9. The molecule has 0 aliphatic carbocycles. The Bertz CT molecular complexity index is 1350. The van der Waals surface area contributed by atoms with Crippen molar-refractivity contribution < 1.29 is 9.53 Å². The topological polar surface area (TPSA) is 64.4 Å². The van der Waals surface area contributed by atoms with Gasteiger partial charge in [0, 0.05) is 22.5 Å². The molecular formula is C26H24ClN3O3. The van der Waals surface area contributed by atoms with E-state index in [0.717, 1.165) is 22.1 Å². The van der Waals surface area contributed by atoms with Gasteiger partial charge >= 0.3 is 5.97 Å². The van der Waals surface area contributed by atoms with Gasteiger partial charge in [-0.25, -0.2) is 4.68 Å². The fraction of sp³-hybridized carbons (Fsp3) is 0.192. The molecule has 0 unspecified atom stereocenters. The van der Waals surface area contributed by atoms with Crippen LogP contribution in [0.4, 0.5) is 0 Å². The van der Waals surface area contributed by atoms with Gasteiger partial charge in [-0.1, -0.05) is 77.8 Å². The molecule has 7 heteroatoms. The first kappa shape index (κ1) is 22.7. The van der Waals surface area contributed by atoms with Gasteiger partial charge in [-0.05, 0) is 24.6 Å². The van der Waals surface area contributed by atoms with Gasteiger partial charge in [-0.2, -0.15) is 5.10 Å². The van der Waals surface area contributed by atoms with Crippen LogP contribution in [-0.4, -0.2) is 34.3 Å². The maximum absolute atomic E-state index is 13.3. The van der Waals surface area contributed by atoms with Gasteiger partial charge in [0.15, 0.2) is 0 Å². The van der Waals surface area contributed by atoms with Gasteiger partial charge in [-0.15, -0.1) is 0 Å². The minimum Gasteiger partial charge on any atom is -0.468 e. The van der Waals surface area contributed by atoms with Crippen LogP contribution in [0.1, 0.15) is 11.1 Å². The molecular weight excluding hydrogens is 438 g/mol. The number of aromatic nitrogens is 2. The van der Waals surface area contributed by atoms with Crippen LogP contribution in [0, 0.1) is 6.92 Å². The molecule has 0 amide bonds. The van der Waals surface area contributed by atoms with Gasteiger partial charge in [0.05, 0.1) is 31.4 Å². The SMILES string of the molecule is COC(=O)CN(Cc1ccccc1Cl)Cn1nc(-c2ccc(C)cc2)c2ccccc2c1=O. The fourth-order valence-electron chi connectivity index (χ4n) is 3.72. The van der Waals surface area contributed by atoms with Crippen molar-refractivity contribution in [2.75, 3.05) is 13.7 Å². The molecule has 168 valence electrons. The Morgan fingerprint density at radius 1 is 1.00 bits per heavy atom. The van der Waals surface area contributed by atoms with Crippen LogP contribution in [0.2, 0.25) is 5.02 Å². The predicted molar refractivity (Wildman–Crippen MR) is 130 cm³/mol. The van der Waals surface area contributed by atoms with E-state index in [-0.39, 0.29) is 18.8 Å². The Morgan fingerprint density at radius 2 is 1.67 bits per heavy atom. The number of rotatable bonds is 7. The first-order valence-corrected chi connectivity index (χ1v) is 10.9. The molecule has 0 aliphatic heterocycles. The number of fused-ring (bicyclic) bond motifs is 1. The van der Waals surface area contributed by atoms with Crippen molar-refractivity contribution in [1.82, 2.24) is 14.7 Å². The van der Waals surface area contributed by atoms with E-state index in [4.69, 9.17) is 21.4 Å². The summed E-state index contributed by atoms with van der Waals surface area (Å²) >= 11 is 6.34. The second kappa shape index (κ2) is 9.98. The monoisotopic (exact) mass is 461 g/mol. The highest BCUT2D eigenvalue weighted by Crippen LogP contribution is 2.25. The first-order chi connectivity index (χ1) is 16.0. The van der Waals surface area contributed by atoms with E-state index in [1.165, 1.54) is 11.8 Å². The normalized spacial score (nSPS) is 11.2. The summed E-state index contributed by atoms with van der Waals surface area (Å²) < 4.78 is 6.27. The van der Waals surface area contributed by atoms with Crippen LogP contribution >= 0.6 is 11.6 Å². The Morgan fingerprint density at radius 3 is 2.36 bits per heavy atom. The molecule has 3 aromatic carbocycles. The quantitative estimate of drug-likeness (QED) is 0.374. The number of carbonyl (C=O) groups excluding carboxylic acids is 1. The van der Waals surface area contributed by atoms with Crippen molar-refractivity contribution in [2.24, 2.45) is 0 Å². The molecule has 0 spiro atoms. The molecule has 6 nitrogen and oxygen atoms in total. The number of aryl methyl sites for hydroxylation is 1. The van der Waals surface area contributed by atoms with Crippen LogP contribution in [0.3, 0.4) is 0 Å². The van der Waals surface area contributed by atoms with E-state index in [9.17, 15) is 9.59 Å². The van der Waals surface area contributed by atoms with Crippen LogP contribution in [0.5, 0.6) is 0 Å². The highest BCUT2D eigenvalue weighted by atomic mass is 35.5. The number of methoxy groups -OCH3 is 1. The summed E-state index contributed by atoms with van der Waals surface area (Å²) in [5, 5.41) is 6.66. The third-order valence-electron chi connectivity index (χ3n) is 5.46. The van der Waals surface area contributed by atoms with E-state index >= 15 is 0 Å². The molecule has 0 aliphatic rings. The largest absolute Gasteiger partial charge is 0.468 e. The summed E-state index contributed by atoms with van der Waals surface area (Å²) in [6.07, 6.45) is 0. The number of esters is 1. The van der Waals surface area contributed by atoms with Crippen molar-refractivity contribution in [3.05, 3.63) is 99.3 Å². The minimum absolute atomic E-state index is 0.0114. The van der Waals surface area contributed by atoms with Crippen LogP contribution in [0.15, 0.2) is 77.6 Å². The molecule has 33 heavy (non-hydrogen) atoms. The molecule has 0 saturated heterocycles. The van der Waals surface area contributed by atoms with Gasteiger partial charge in [-0.3, -0.25) is 14.5 Å². The van der Waals surface area contributed by atoms with Gasteiger partial charge < -0.3 is 4.74 Å². The Hall–Kier alpha value is -3.48. The molecule has 0 bridgehead atoms. The molecule has 0 fully saturated rings. The summed E-state index contributed by atoms with van der Waals surface area (Å²) in [5.41, 5.74) is 3.38. The van der Waals surface area contributed by atoms with Gasteiger partial charge in [0.2, 0.25) is 0 Å². The predicted octanol–water partition coefficient (Wildman–Crippen LogP) is 4.66. The molecule has 0 N–H and O–H groups in total. The number of nitrogens with zero attached hydrogens (tertiary/aromatic N) is 3. The third kappa shape index (κ3) is 5.13. The lowest BCUT2D eigenvalue weighted by atomic mass is 10.0. The van der Waals surface area contributed by atoms with Gasteiger partial charge in [0.25, 0.3) is 5.56 Å². The maximum atomic E-state index is 13.3. The van der Waals surface area contributed by atoms with E-state index in [2.05, 4.69) is 0 Å². The average molecular weight is 462 g/mol. The fourth-order valence-corrected chi connectivity index (χ4v) is 3.91. The lowest BCUT2D eigenvalue weighted by Gasteiger charge is -2.23. The van der Waals surface area contributed by atoms with Crippen molar-refractivity contribution in [3.8, 4) is 11.3 Å². The second-order valence-electron chi connectivity index (χ2n) is 7.86. The Balaban J connectivity index is 1.78. The molecule has 1 aromatic heterocycles. The average Bonchev–Trinajstić information content (AvgIpc) is 2.83. The molecule has 0 radical (unpaired) electrons. The van der Waals surface area contributed by atoms with E-state index in [1.54, 1.807) is 17.0 Å². The molecule has 1 heterocycles. The number of carbonyl (C=O) groups is 1. The zero-order valence-corrected chi connectivity index (χ0v) is 19.2. The number of hydrogen-bond donors (Lipinski definition) is 0.